The number of aryl methyl sites for hydroxylation is 1. The molecular weight excluding hydrogens is 592 g/mol. The number of carbonyl (C=O) groups excluding carboxylic acids is 1. The van der Waals surface area contributed by atoms with Gasteiger partial charge in [0, 0.05) is 47.6 Å². The summed E-state index contributed by atoms with van der Waals surface area (Å²) < 4.78 is 19.8. The molecule has 1 atom stereocenters. The number of nitrogens with one attached hydrogen (secondary N) is 2. The molecule has 2 amide bonds. The number of aromatic nitrogens is 3. The maximum Gasteiger partial charge on any atom is 0.324 e. The molecule has 3 heterocycles. The Hall–Kier alpha value is -4.93. The van der Waals surface area contributed by atoms with Crippen LogP contribution in [-0.4, -0.2) is 71.3 Å². The standard InChI is InChI=1S/C37H42N6O4/c1-26-14-15-27(23-38-26)43-35(22-34(41-43)37(2,3)4)40-36(44)39-32-16-17-33(31-13-9-8-12-30(31)32)46-21-19-42-18-20-45-29(24-42)25-47-28-10-6-5-7-11-28/h5-17,22-23,29H,18-21,24-25H2,1-4H3,(H2,39,40,44). The quantitative estimate of drug-likeness (QED) is 0.174. The number of urea groups is 1. The van der Waals surface area contributed by atoms with Gasteiger partial charge < -0.3 is 19.5 Å². The maximum atomic E-state index is 13.4. The van der Waals surface area contributed by atoms with Crippen LogP contribution in [0.5, 0.6) is 11.5 Å². The van der Waals surface area contributed by atoms with Gasteiger partial charge in [0.15, 0.2) is 0 Å². The average molecular weight is 635 g/mol. The van der Waals surface area contributed by atoms with Crippen molar-refractivity contribution in [1.82, 2.24) is 19.7 Å². The molecule has 6 rings (SSSR count). The number of nitrogens with zero attached hydrogens (tertiary/aromatic N) is 4. The summed E-state index contributed by atoms with van der Waals surface area (Å²) in [6, 6.07) is 26.9. The van der Waals surface area contributed by atoms with Crippen LogP contribution in [0.15, 0.2) is 91.1 Å². The predicted molar refractivity (Wildman–Crippen MR) is 185 cm³/mol. The number of morpholine rings is 1. The Kier molecular flexibility index (Phi) is 9.70. The van der Waals surface area contributed by atoms with E-state index in [1.165, 1.54) is 0 Å². The number of carbonyl (C=O) groups is 1. The number of ether oxygens (including phenoxy) is 3. The van der Waals surface area contributed by atoms with E-state index in [0.717, 1.165) is 59.0 Å². The molecule has 2 N–H and O–H groups in total. The Morgan fingerprint density at radius 1 is 0.957 bits per heavy atom. The fourth-order valence-electron chi connectivity index (χ4n) is 5.47. The summed E-state index contributed by atoms with van der Waals surface area (Å²) in [7, 11) is 0. The van der Waals surface area contributed by atoms with Crippen LogP contribution < -0.4 is 20.1 Å². The zero-order chi connectivity index (χ0) is 32.8. The number of benzene rings is 3. The number of para-hydroxylation sites is 1. The van der Waals surface area contributed by atoms with Crippen LogP contribution in [0.4, 0.5) is 16.3 Å². The molecule has 10 nitrogen and oxygen atoms in total. The van der Waals surface area contributed by atoms with Crippen molar-refractivity contribution >= 4 is 28.3 Å². The van der Waals surface area contributed by atoms with Gasteiger partial charge in [0.05, 0.1) is 29.9 Å². The zero-order valence-electron chi connectivity index (χ0n) is 27.4. The molecule has 0 spiro atoms. The van der Waals surface area contributed by atoms with Gasteiger partial charge in [0.1, 0.15) is 36.6 Å². The molecule has 2 aromatic heterocycles. The molecule has 0 aliphatic carbocycles. The second-order valence-electron chi connectivity index (χ2n) is 12.7. The predicted octanol–water partition coefficient (Wildman–Crippen LogP) is 6.83. The van der Waals surface area contributed by atoms with E-state index in [1.54, 1.807) is 10.9 Å². The van der Waals surface area contributed by atoms with Crippen LogP contribution in [-0.2, 0) is 10.2 Å². The number of pyridine rings is 1. The topological polar surface area (TPSA) is 103 Å². The molecule has 3 aromatic carbocycles. The zero-order valence-corrected chi connectivity index (χ0v) is 27.4. The summed E-state index contributed by atoms with van der Waals surface area (Å²) in [4.78, 5) is 20.1. The third kappa shape index (κ3) is 8.08. The Balaban J connectivity index is 1.09. The third-order valence-corrected chi connectivity index (χ3v) is 8.06. The highest BCUT2D eigenvalue weighted by atomic mass is 16.5. The van der Waals surface area contributed by atoms with Crippen LogP contribution in [0, 0.1) is 6.92 Å². The minimum Gasteiger partial charge on any atom is -0.492 e. The summed E-state index contributed by atoms with van der Waals surface area (Å²) in [6.45, 7) is 12.3. The van der Waals surface area contributed by atoms with Crippen molar-refractivity contribution in [3.8, 4) is 17.2 Å². The van der Waals surface area contributed by atoms with E-state index < -0.39 is 0 Å². The van der Waals surface area contributed by atoms with Crippen molar-refractivity contribution in [2.24, 2.45) is 0 Å². The smallest absolute Gasteiger partial charge is 0.324 e. The van der Waals surface area contributed by atoms with E-state index in [-0.39, 0.29) is 17.6 Å². The number of amides is 2. The van der Waals surface area contributed by atoms with Gasteiger partial charge in [-0.05, 0) is 43.3 Å². The average Bonchev–Trinajstić information content (AvgIpc) is 3.50. The van der Waals surface area contributed by atoms with Gasteiger partial charge in [-0.25, -0.2) is 9.48 Å². The van der Waals surface area contributed by atoms with Crippen molar-refractivity contribution in [3.05, 3.63) is 103 Å². The number of anilines is 2. The second-order valence-corrected chi connectivity index (χ2v) is 12.7. The molecule has 1 unspecified atom stereocenters. The van der Waals surface area contributed by atoms with Crippen molar-refractivity contribution in [1.29, 1.82) is 0 Å². The fourth-order valence-corrected chi connectivity index (χ4v) is 5.47. The minimum atomic E-state index is -0.372. The Labute approximate surface area is 275 Å². The summed E-state index contributed by atoms with van der Waals surface area (Å²) >= 11 is 0. The summed E-state index contributed by atoms with van der Waals surface area (Å²) in [5.74, 6) is 2.17. The molecule has 1 aliphatic rings. The molecule has 1 fully saturated rings. The van der Waals surface area contributed by atoms with E-state index >= 15 is 0 Å². The molecule has 0 saturated carbocycles. The number of fused-ring (bicyclic) bond motifs is 1. The van der Waals surface area contributed by atoms with Gasteiger partial charge >= 0.3 is 6.03 Å². The highest BCUT2D eigenvalue weighted by Gasteiger charge is 2.23. The SMILES string of the molecule is Cc1ccc(-n2nc(C(C)(C)C)cc2NC(=O)Nc2ccc(OCCN3CCOC(COc4ccccc4)C3)c3ccccc23)cn1. The Morgan fingerprint density at radius 3 is 2.51 bits per heavy atom. The van der Waals surface area contributed by atoms with Gasteiger partial charge in [0.2, 0.25) is 0 Å². The Bertz CT molecular complexity index is 1800. The lowest BCUT2D eigenvalue weighted by Crippen LogP contribution is -2.46. The normalized spacial score (nSPS) is 15.4. The van der Waals surface area contributed by atoms with E-state index in [9.17, 15) is 4.79 Å². The molecule has 244 valence electrons. The lowest BCUT2D eigenvalue weighted by atomic mass is 9.92. The van der Waals surface area contributed by atoms with Crippen molar-refractivity contribution in [2.45, 2.75) is 39.2 Å². The van der Waals surface area contributed by atoms with Crippen molar-refractivity contribution in [2.75, 3.05) is 50.1 Å². The van der Waals surface area contributed by atoms with E-state index in [4.69, 9.17) is 19.3 Å². The van der Waals surface area contributed by atoms with Crippen LogP contribution in [0.2, 0.25) is 0 Å². The Morgan fingerprint density at radius 2 is 1.74 bits per heavy atom. The van der Waals surface area contributed by atoms with Crippen molar-refractivity contribution in [3.63, 3.8) is 0 Å². The molecule has 5 aromatic rings. The first-order valence-electron chi connectivity index (χ1n) is 16.0. The van der Waals surface area contributed by atoms with Gasteiger partial charge in [-0.15, -0.1) is 0 Å². The highest BCUT2D eigenvalue weighted by Crippen LogP contribution is 2.32. The number of rotatable bonds is 10. The lowest BCUT2D eigenvalue weighted by Gasteiger charge is -2.32. The van der Waals surface area contributed by atoms with E-state index in [2.05, 4.69) is 41.3 Å². The van der Waals surface area contributed by atoms with E-state index in [0.29, 0.717) is 31.3 Å². The first-order valence-corrected chi connectivity index (χ1v) is 16.0. The third-order valence-electron chi connectivity index (χ3n) is 8.06. The van der Waals surface area contributed by atoms with Gasteiger partial charge in [-0.3, -0.25) is 15.2 Å². The van der Waals surface area contributed by atoms with Crippen LogP contribution in [0.25, 0.3) is 16.5 Å². The van der Waals surface area contributed by atoms with Gasteiger partial charge in [-0.1, -0.05) is 63.2 Å². The van der Waals surface area contributed by atoms with E-state index in [1.807, 2.05) is 91.9 Å². The lowest BCUT2D eigenvalue weighted by molar-refractivity contribution is -0.0501. The number of hydrogen-bond donors (Lipinski definition) is 2. The molecule has 1 saturated heterocycles. The minimum absolute atomic E-state index is 0.00790. The van der Waals surface area contributed by atoms with Crippen LogP contribution >= 0.6 is 0 Å². The van der Waals surface area contributed by atoms with Crippen molar-refractivity contribution < 1.29 is 19.0 Å². The molecule has 1 aliphatic heterocycles. The fraction of sp³-hybridized carbons (Fsp3) is 0.324. The monoisotopic (exact) mass is 634 g/mol. The molecule has 0 bridgehead atoms. The first-order chi connectivity index (χ1) is 22.7. The molecule has 47 heavy (non-hydrogen) atoms. The van der Waals surface area contributed by atoms with Gasteiger partial charge in [0.25, 0.3) is 0 Å². The summed E-state index contributed by atoms with van der Waals surface area (Å²) in [6.07, 6.45) is 1.76. The highest BCUT2D eigenvalue weighted by molar-refractivity contribution is 6.07. The van der Waals surface area contributed by atoms with Crippen LogP contribution in [0.3, 0.4) is 0 Å². The summed E-state index contributed by atoms with van der Waals surface area (Å²) in [5, 5.41) is 12.6. The molecule has 0 radical (unpaired) electrons. The van der Waals surface area contributed by atoms with Gasteiger partial charge in [-0.2, -0.15) is 5.10 Å². The molecular formula is C37H42N6O4. The molecule has 10 heteroatoms. The maximum absolute atomic E-state index is 13.4. The first kappa shape index (κ1) is 32.0. The largest absolute Gasteiger partial charge is 0.492 e. The summed E-state index contributed by atoms with van der Waals surface area (Å²) in [5.41, 5.74) is 3.00. The number of hydrogen-bond acceptors (Lipinski definition) is 7. The van der Waals surface area contributed by atoms with Crippen LogP contribution in [0.1, 0.15) is 32.2 Å². The second kappa shape index (κ2) is 14.2.